The second-order valence-electron chi connectivity index (χ2n) is 9.57. The number of nitrogens with one attached hydrogen (secondary N) is 2. The summed E-state index contributed by atoms with van der Waals surface area (Å²) in [5, 5.41) is 13.6. The Morgan fingerprint density at radius 2 is 1.85 bits per heavy atom. The van der Waals surface area contributed by atoms with Gasteiger partial charge in [-0.3, -0.25) is 4.57 Å². The van der Waals surface area contributed by atoms with Crippen molar-refractivity contribution < 1.29 is 14.2 Å². The highest BCUT2D eigenvalue weighted by Gasteiger charge is 2.30. The molecule has 9 heteroatoms. The third-order valence-corrected chi connectivity index (χ3v) is 6.93. The van der Waals surface area contributed by atoms with E-state index in [1.165, 1.54) is 12.1 Å². The van der Waals surface area contributed by atoms with Crippen molar-refractivity contribution in [2.24, 2.45) is 0 Å². The van der Waals surface area contributed by atoms with Crippen LogP contribution in [-0.4, -0.2) is 49.5 Å². The van der Waals surface area contributed by atoms with E-state index in [4.69, 9.17) is 9.72 Å². The normalized spacial score (nSPS) is 23.7. The van der Waals surface area contributed by atoms with Gasteiger partial charge in [-0.05, 0) is 75.8 Å². The molecule has 0 bridgehead atoms. The van der Waals surface area contributed by atoms with E-state index >= 15 is 0 Å². The second kappa shape index (κ2) is 9.31. The lowest BCUT2D eigenvalue weighted by Gasteiger charge is -2.33. The molecular formula is C25H30FN5O3. The molecule has 34 heavy (non-hydrogen) atoms. The summed E-state index contributed by atoms with van der Waals surface area (Å²) in [6.45, 7) is 3.14. The molecule has 2 aromatic heterocycles. The first-order valence-electron chi connectivity index (χ1n) is 11.9. The summed E-state index contributed by atoms with van der Waals surface area (Å²) < 4.78 is 20.7. The van der Waals surface area contributed by atoms with E-state index in [9.17, 15) is 14.3 Å². The van der Waals surface area contributed by atoms with E-state index in [0.29, 0.717) is 36.2 Å². The summed E-state index contributed by atoms with van der Waals surface area (Å²) in [6.07, 6.45) is 6.39. The molecule has 1 aliphatic heterocycles. The summed E-state index contributed by atoms with van der Waals surface area (Å²) in [4.78, 5) is 25.4. The number of halogens is 1. The zero-order valence-electron chi connectivity index (χ0n) is 19.3. The number of rotatable bonds is 5. The van der Waals surface area contributed by atoms with Gasteiger partial charge >= 0.3 is 5.69 Å². The Bertz CT molecular complexity index is 1190. The molecule has 0 spiro atoms. The molecule has 3 aromatic rings. The van der Waals surface area contributed by atoms with Gasteiger partial charge in [0.1, 0.15) is 5.82 Å². The number of benzene rings is 1. The van der Waals surface area contributed by atoms with Crippen molar-refractivity contribution in [2.75, 3.05) is 18.5 Å². The summed E-state index contributed by atoms with van der Waals surface area (Å²) in [5.74, 6) is 0.255. The highest BCUT2D eigenvalue weighted by atomic mass is 19.1. The maximum absolute atomic E-state index is 13.6. The van der Waals surface area contributed by atoms with Crippen LogP contribution in [0.1, 0.15) is 57.1 Å². The first-order valence-corrected chi connectivity index (χ1v) is 11.9. The molecule has 3 N–H and O–H groups in total. The highest BCUT2D eigenvalue weighted by molar-refractivity contribution is 5.63. The number of ether oxygens (including phenoxy) is 1. The minimum Gasteiger partial charge on any atom is -0.390 e. The quantitative estimate of drug-likeness (QED) is 0.528. The van der Waals surface area contributed by atoms with Gasteiger partial charge in [-0.1, -0.05) is 0 Å². The molecule has 1 saturated heterocycles. The lowest BCUT2D eigenvalue weighted by Crippen LogP contribution is -2.36. The summed E-state index contributed by atoms with van der Waals surface area (Å²) in [6, 6.07) is 7.85. The van der Waals surface area contributed by atoms with Crippen molar-refractivity contribution >= 4 is 5.95 Å². The van der Waals surface area contributed by atoms with Crippen LogP contribution in [0.5, 0.6) is 0 Å². The third kappa shape index (κ3) is 4.76. The van der Waals surface area contributed by atoms with Crippen LogP contribution in [0.15, 0.2) is 41.3 Å². The fourth-order valence-electron chi connectivity index (χ4n) is 4.95. The minimum absolute atomic E-state index is 0.130. The summed E-state index contributed by atoms with van der Waals surface area (Å²) in [7, 11) is 0. The Hall–Kier alpha value is -3.04. The van der Waals surface area contributed by atoms with Gasteiger partial charge < -0.3 is 20.1 Å². The summed E-state index contributed by atoms with van der Waals surface area (Å²) in [5.41, 5.74) is 1.76. The lowest BCUT2D eigenvalue weighted by molar-refractivity contribution is 0.0195. The van der Waals surface area contributed by atoms with Gasteiger partial charge in [0.25, 0.3) is 0 Å². The van der Waals surface area contributed by atoms with Crippen LogP contribution in [0.2, 0.25) is 0 Å². The van der Waals surface area contributed by atoms with Gasteiger partial charge in [0.05, 0.1) is 22.7 Å². The van der Waals surface area contributed by atoms with Crippen LogP contribution in [0.3, 0.4) is 0 Å². The maximum Gasteiger partial charge on any atom is 0.330 e. The van der Waals surface area contributed by atoms with Crippen LogP contribution in [-0.2, 0) is 4.74 Å². The number of imidazole rings is 1. The maximum atomic E-state index is 13.6. The Labute approximate surface area is 197 Å². The van der Waals surface area contributed by atoms with Crippen LogP contribution >= 0.6 is 0 Å². The topological polar surface area (TPSA) is 105 Å². The van der Waals surface area contributed by atoms with E-state index in [1.807, 2.05) is 6.92 Å². The molecule has 8 nitrogen and oxygen atoms in total. The smallest absolute Gasteiger partial charge is 0.330 e. The van der Waals surface area contributed by atoms with E-state index < -0.39 is 5.60 Å². The van der Waals surface area contributed by atoms with Crippen molar-refractivity contribution in [3.8, 4) is 17.1 Å². The van der Waals surface area contributed by atoms with Crippen molar-refractivity contribution in [1.29, 1.82) is 0 Å². The van der Waals surface area contributed by atoms with E-state index in [0.717, 1.165) is 44.2 Å². The molecule has 0 unspecified atom stereocenters. The number of aromatic nitrogens is 4. The predicted octanol–water partition coefficient (Wildman–Crippen LogP) is 3.76. The molecule has 1 aromatic carbocycles. The number of hydrogen-bond acceptors (Lipinski definition) is 6. The van der Waals surface area contributed by atoms with Gasteiger partial charge in [-0.25, -0.2) is 19.2 Å². The SMILES string of the molecule is C[C@]1(O)CC[C@@H](Nc2nccc(-c3c(C4CCOCC4)[nH]c(=O)n3-c3ccc(F)cc3)n2)CC1. The molecule has 1 aliphatic carbocycles. The Morgan fingerprint density at radius 3 is 2.56 bits per heavy atom. The first-order chi connectivity index (χ1) is 16.4. The van der Waals surface area contributed by atoms with Crippen LogP contribution < -0.4 is 11.0 Å². The van der Waals surface area contributed by atoms with Gasteiger partial charge in [0, 0.05) is 37.1 Å². The van der Waals surface area contributed by atoms with Crippen molar-refractivity contribution in [2.45, 2.75) is 63.0 Å². The van der Waals surface area contributed by atoms with Crippen LogP contribution in [0.4, 0.5) is 10.3 Å². The molecule has 2 aliphatic rings. The number of aromatic amines is 1. The predicted molar refractivity (Wildman–Crippen MR) is 127 cm³/mol. The number of hydrogen-bond donors (Lipinski definition) is 3. The molecule has 5 rings (SSSR count). The van der Waals surface area contributed by atoms with Crippen LogP contribution in [0, 0.1) is 5.82 Å². The average Bonchev–Trinajstić information content (AvgIpc) is 3.19. The third-order valence-electron chi connectivity index (χ3n) is 6.93. The Balaban J connectivity index is 1.53. The van der Waals surface area contributed by atoms with E-state index in [-0.39, 0.29) is 23.5 Å². The van der Waals surface area contributed by atoms with Gasteiger partial charge in [-0.15, -0.1) is 0 Å². The molecule has 0 radical (unpaired) electrons. The minimum atomic E-state index is -0.615. The van der Waals surface area contributed by atoms with Crippen molar-refractivity contribution in [1.82, 2.24) is 19.5 Å². The van der Waals surface area contributed by atoms with Crippen molar-refractivity contribution in [3.63, 3.8) is 0 Å². The zero-order valence-corrected chi connectivity index (χ0v) is 19.3. The van der Waals surface area contributed by atoms with E-state index in [1.54, 1.807) is 29.0 Å². The molecule has 2 fully saturated rings. The molecular weight excluding hydrogens is 437 g/mol. The number of H-pyrrole nitrogens is 1. The van der Waals surface area contributed by atoms with Crippen molar-refractivity contribution in [3.05, 3.63) is 58.5 Å². The monoisotopic (exact) mass is 467 g/mol. The van der Waals surface area contributed by atoms with E-state index in [2.05, 4.69) is 15.3 Å². The molecule has 0 amide bonds. The standard InChI is InChI=1S/C25H30FN5O3/c1-25(33)11-6-18(7-12-25)28-23-27-13-8-20(29-23)22-21(16-9-14-34-15-10-16)30-24(32)31(22)19-4-2-17(26)3-5-19/h2-5,8,13,16,18,33H,6-7,9-12,14-15H2,1H3,(H,30,32)(H,27,28,29)/t18-,25+. The van der Waals surface area contributed by atoms with Crippen LogP contribution in [0.25, 0.3) is 17.1 Å². The molecule has 0 atom stereocenters. The average molecular weight is 468 g/mol. The lowest BCUT2D eigenvalue weighted by atomic mass is 9.84. The Morgan fingerprint density at radius 1 is 1.15 bits per heavy atom. The fraction of sp³-hybridized carbons (Fsp3) is 0.480. The number of aliphatic hydroxyl groups is 1. The Kier molecular flexibility index (Phi) is 6.22. The van der Waals surface area contributed by atoms with Gasteiger partial charge in [0.15, 0.2) is 0 Å². The largest absolute Gasteiger partial charge is 0.390 e. The molecule has 3 heterocycles. The zero-order chi connectivity index (χ0) is 23.7. The first kappa shape index (κ1) is 22.7. The number of nitrogens with zero attached hydrogens (tertiary/aromatic N) is 3. The van der Waals surface area contributed by atoms with Gasteiger partial charge in [-0.2, -0.15) is 0 Å². The molecule has 1 saturated carbocycles. The molecule has 180 valence electrons. The number of anilines is 1. The summed E-state index contributed by atoms with van der Waals surface area (Å²) >= 11 is 0. The highest BCUT2D eigenvalue weighted by Crippen LogP contribution is 2.34. The van der Waals surface area contributed by atoms with Gasteiger partial charge in [0.2, 0.25) is 5.95 Å². The second-order valence-corrected chi connectivity index (χ2v) is 9.57. The fourth-order valence-corrected chi connectivity index (χ4v) is 4.95.